The normalized spacial score (nSPS) is 10.8. The molecule has 0 unspecified atom stereocenters. The number of nitrogens with two attached hydrogens (primary N) is 1. The minimum atomic E-state index is -0.318. The van der Waals surface area contributed by atoms with Crippen LogP contribution in [0.4, 0.5) is 10.3 Å². The molecule has 0 aliphatic rings. The predicted octanol–water partition coefficient (Wildman–Crippen LogP) is 3.51. The van der Waals surface area contributed by atoms with Gasteiger partial charge in [0.25, 0.3) is 0 Å². The number of nitrogen functional groups attached to an aromatic ring is 1. The molecule has 6 heteroatoms. The summed E-state index contributed by atoms with van der Waals surface area (Å²) in [6.45, 7) is 1.69. The number of benzene rings is 1. The summed E-state index contributed by atoms with van der Waals surface area (Å²) in [6, 6.07) is 6.51. The summed E-state index contributed by atoms with van der Waals surface area (Å²) in [7, 11) is 0. The van der Waals surface area contributed by atoms with Gasteiger partial charge < -0.3 is 10.5 Å². The van der Waals surface area contributed by atoms with Gasteiger partial charge in [-0.1, -0.05) is 6.07 Å². The van der Waals surface area contributed by atoms with Crippen LogP contribution in [-0.4, -0.2) is 9.97 Å². The summed E-state index contributed by atoms with van der Waals surface area (Å²) in [6.07, 6.45) is 0. The van der Waals surface area contributed by atoms with Crippen molar-refractivity contribution in [1.29, 1.82) is 0 Å². The van der Waals surface area contributed by atoms with Gasteiger partial charge >= 0.3 is 0 Å². The van der Waals surface area contributed by atoms with Crippen molar-refractivity contribution < 1.29 is 9.13 Å². The van der Waals surface area contributed by atoms with E-state index in [1.54, 1.807) is 19.1 Å². The molecule has 3 rings (SSSR count). The van der Waals surface area contributed by atoms with E-state index in [1.807, 2.05) is 11.4 Å². The molecule has 19 heavy (non-hydrogen) atoms. The number of nitrogens with zero attached hydrogens (tertiary/aromatic N) is 2. The van der Waals surface area contributed by atoms with Crippen molar-refractivity contribution in [2.24, 2.45) is 0 Å². The van der Waals surface area contributed by atoms with E-state index >= 15 is 0 Å². The van der Waals surface area contributed by atoms with E-state index in [0.29, 0.717) is 17.2 Å². The Morgan fingerprint density at radius 1 is 1.26 bits per heavy atom. The van der Waals surface area contributed by atoms with E-state index in [1.165, 1.54) is 17.4 Å². The zero-order valence-corrected chi connectivity index (χ0v) is 10.9. The van der Waals surface area contributed by atoms with Crippen LogP contribution in [0.3, 0.4) is 0 Å². The van der Waals surface area contributed by atoms with Gasteiger partial charge in [0.15, 0.2) is 0 Å². The maximum Gasteiger partial charge on any atom is 0.232 e. The molecule has 96 valence electrons. The fourth-order valence-electron chi connectivity index (χ4n) is 1.67. The third-order valence-electron chi connectivity index (χ3n) is 2.67. The molecule has 4 nitrogen and oxygen atoms in total. The van der Waals surface area contributed by atoms with Crippen LogP contribution < -0.4 is 10.5 Å². The molecule has 0 bridgehead atoms. The molecule has 0 aliphatic carbocycles. The lowest BCUT2D eigenvalue weighted by atomic mass is 10.2. The first-order chi connectivity index (χ1) is 9.13. The molecule has 1 aromatic carbocycles. The molecule has 0 saturated carbocycles. The van der Waals surface area contributed by atoms with Gasteiger partial charge in [-0.3, -0.25) is 0 Å². The van der Waals surface area contributed by atoms with Crippen molar-refractivity contribution >= 4 is 27.5 Å². The van der Waals surface area contributed by atoms with E-state index in [-0.39, 0.29) is 11.8 Å². The van der Waals surface area contributed by atoms with Gasteiger partial charge in [0, 0.05) is 6.07 Å². The Labute approximate surface area is 112 Å². The second-order valence-electron chi connectivity index (χ2n) is 4.04. The van der Waals surface area contributed by atoms with Crippen LogP contribution in [0.1, 0.15) is 5.56 Å². The number of aromatic nitrogens is 2. The first-order valence-corrected chi connectivity index (χ1v) is 6.46. The summed E-state index contributed by atoms with van der Waals surface area (Å²) < 4.78 is 19.1. The molecule has 0 fully saturated rings. The highest BCUT2D eigenvalue weighted by Gasteiger charge is 2.10. The van der Waals surface area contributed by atoms with Crippen molar-refractivity contribution in [2.75, 3.05) is 5.73 Å². The number of anilines is 1. The largest absolute Gasteiger partial charge is 0.438 e. The van der Waals surface area contributed by atoms with Crippen LogP contribution in [0.2, 0.25) is 0 Å². The maximum atomic E-state index is 13.5. The summed E-state index contributed by atoms with van der Waals surface area (Å²) in [5, 5.41) is 2.64. The van der Waals surface area contributed by atoms with Crippen molar-refractivity contribution in [2.45, 2.75) is 6.92 Å². The number of halogens is 1. The first-order valence-electron chi connectivity index (χ1n) is 5.58. The number of aryl methyl sites for hydroxylation is 1. The molecule has 0 radical (unpaired) electrons. The number of thiophene rings is 1. The van der Waals surface area contributed by atoms with E-state index in [9.17, 15) is 4.39 Å². The molecule has 0 spiro atoms. The van der Waals surface area contributed by atoms with Gasteiger partial charge in [-0.15, -0.1) is 11.3 Å². The van der Waals surface area contributed by atoms with Crippen LogP contribution in [0.15, 0.2) is 29.6 Å². The second kappa shape index (κ2) is 4.47. The average molecular weight is 275 g/mol. The van der Waals surface area contributed by atoms with E-state index < -0.39 is 0 Å². The molecule has 2 N–H and O–H groups in total. The summed E-state index contributed by atoms with van der Waals surface area (Å²) in [4.78, 5) is 8.90. The summed E-state index contributed by atoms with van der Waals surface area (Å²) in [5.74, 6) is 0.541. The molecular weight excluding hydrogens is 265 g/mol. The number of rotatable bonds is 2. The Bertz CT molecular complexity index is 757. The molecule has 0 aliphatic heterocycles. The topological polar surface area (TPSA) is 61.0 Å². The van der Waals surface area contributed by atoms with Gasteiger partial charge in [0.2, 0.25) is 11.8 Å². The third kappa shape index (κ3) is 2.22. The number of hydrogen-bond acceptors (Lipinski definition) is 5. The first kappa shape index (κ1) is 11.9. The highest BCUT2D eigenvalue weighted by Crippen LogP contribution is 2.31. The minimum Gasteiger partial charge on any atom is -0.438 e. The number of hydrogen-bond donors (Lipinski definition) is 1. The Kier molecular flexibility index (Phi) is 2.79. The average Bonchev–Trinajstić information content (AvgIpc) is 2.82. The molecule has 0 atom stereocenters. The van der Waals surface area contributed by atoms with Crippen molar-refractivity contribution in [3.8, 4) is 11.6 Å². The van der Waals surface area contributed by atoms with Gasteiger partial charge in [0.1, 0.15) is 16.4 Å². The molecule has 0 saturated heterocycles. The third-order valence-corrected chi connectivity index (χ3v) is 3.47. The van der Waals surface area contributed by atoms with Crippen molar-refractivity contribution in [1.82, 2.24) is 9.97 Å². The van der Waals surface area contributed by atoms with Gasteiger partial charge in [-0.2, -0.15) is 4.98 Å². The SMILES string of the molecule is Cc1ccc(Oc2nc(N)nc3sccc23)cc1F. The van der Waals surface area contributed by atoms with E-state index in [2.05, 4.69) is 9.97 Å². The smallest absolute Gasteiger partial charge is 0.232 e. The number of fused-ring (bicyclic) bond motifs is 1. The Hall–Kier alpha value is -2.21. The predicted molar refractivity (Wildman–Crippen MR) is 73.0 cm³/mol. The standard InChI is InChI=1S/C13H10FN3OS/c1-7-2-3-8(6-10(7)14)18-11-9-4-5-19-12(9)17-13(15)16-11/h2-6H,1H3,(H2,15,16,17). The quantitative estimate of drug-likeness (QED) is 0.777. The highest BCUT2D eigenvalue weighted by molar-refractivity contribution is 7.16. The fraction of sp³-hybridized carbons (Fsp3) is 0.0769. The zero-order chi connectivity index (χ0) is 13.4. The summed E-state index contributed by atoms with van der Waals surface area (Å²) in [5.41, 5.74) is 6.19. The Morgan fingerprint density at radius 3 is 2.89 bits per heavy atom. The van der Waals surface area contributed by atoms with Crippen molar-refractivity contribution in [3.63, 3.8) is 0 Å². The van der Waals surface area contributed by atoms with E-state index in [0.717, 1.165) is 10.2 Å². The van der Waals surface area contributed by atoms with Gasteiger partial charge in [-0.25, -0.2) is 9.37 Å². The highest BCUT2D eigenvalue weighted by atomic mass is 32.1. The number of ether oxygens (including phenoxy) is 1. The van der Waals surface area contributed by atoms with E-state index in [4.69, 9.17) is 10.5 Å². The van der Waals surface area contributed by atoms with Crippen LogP contribution in [0, 0.1) is 12.7 Å². The Balaban J connectivity index is 2.04. The molecule has 0 amide bonds. The van der Waals surface area contributed by atoms with Crippen LogP contribution in [-0.2, 0) is 0 Å². The zero-order valence-electron chi connectivity index (χ0n) is 10.1. The summed E-state index contributed by atoms with van der Waals surface area (Å²) >= 11 is 1.45. The van der Waals surface area contributed by atoms with Crippen LogP contribution in [0.25, 0.3) is 10.2 Å². The minimum absolute atomic E-state index is 0.137. The molecular formula is C13H10FN3OS. The molecule has 2 aromatic heterocycles. The second-order valence-corrected chi connectivity index (χ2v) is 4.93. The van der Waals surface area contributed by atoms with Gasteiger partial charge in [-0.05, 0) is 30.0 Å². The van der Waals surface area contributed by atoms with Gasteiger partial charge in [0.05, 0.1) is 5.39 Å². The fourth-order valence-corrected chi connectivity index (χ4v) is 2.43. The van der Waals surface area contributed by atoms with Crippen molar-refractivity contribution in [3.05, 3.63) is 41.0 Å². The lowest BCUT2D eigenvalue weighted by molar-refractivity contribution is 0.463. The Morgan fingerprint density at radius 2 is 2.11 bits per heavy atom. The molecule has 2 heterocycles. The van der Waals surface area contributed by atoms with Crippen LogP contribution >= 0.6 is 11.3 Å². The monoisotopic (exact) mass is 275 g/mol. The lowest BCUT2D eigenvalue weighted by Gasteiger charge is -2.07. The maximum absolute atomic E-state index is 13.5. The molecule has 3 aromatic rings. The van der Waals surface area contributed by atoms with Crippen LogP contribution in [0.5, 0.6) is 11.6 Å². The lowest BCUT2D eigenvalue weighted by Crippen LogP contribution is -1.97.